The minimum atomic E-state index is -0.561. The summed E-state index contributed by atoms with van der Waals surface area (Å²) < 4.78 is 9.75. The molecule has 0 aliphatic heterocycles. The molecule has 0 aliphatic carbocycles. The molecule has 1 rings (SSSR count). The number of rotatable bonds is 3. The van der Waals surface area contributed by atoms with Gasteiger partial charge in [-0.3, -0.25) is 0 Å². The van der Waals surface area contributed by atoms with E-state index in [1.54, 1.807) is 7.11 Å². The van der Waals surface area contributed by atoms with Crippen LogP contribution in [-0.2, 0) is 15.1 Å². The zero-order valence-corrected chi connectivity index (χ0v) is 9.27. The van der Waals surface area contributed by atoms with E-state index in [0.717, 1.165) is 0 Å². The molecule has 82 valence electrons. The third-order valence-electron chi connectivity index (χ3n) is 2.12. The van der Waals surface area contributed by atoms with Crippen molar-refractivity contribution in [3.63, 3.8) is 0 Å². The minimum absolute atomic E-state index is 0.327. The average molecular weight is 210 g/mol. The number of carbonyl (C=O) groups excluding carboxylic acids is 1. The largest absolute Gasteiger partial charge is 0.465 e. The molecule has 0 bridgehead atoms. The smallest absolute Gasteiger partial charge is 0.341 e. The summed E-state index contributed by atoms with van der Waals surface area (Å²) in [5.74, 6) is 0.0782. The normalized spacial score (nSPS) is 11.2. The van der Waals surface area contributed by atoms with Crippen molar-refractivity contribution in [2.75, 3.05) is 14.2 Å². The van der Waals surface area contributed by atoms with Gasteiger partial charge in [0.05, 0.1) is 12.7 Å². The minimum Gasteiger partial charge on any atom is -0.465 e. The molecule has 0 amide bonds. The first kappa shape index (κ1) is 11.6. The van der Waals surface area contributed by atoms with Crippen LogP contribution in [-0.4, -0.2) is 30.2 Å². The van der Waals surface area contributed by atoms with E-state index in [4.69, 9.17) is 4.74 Å². The van der Waals surface area contributed by atoms with Gasteiger partial charge in [-0.15, -0.1) is 0 Å². The van der Waals surface area contributed by atoms with Crippen molar-refractivity contribution >= 4 is 5.97 Å². The van der Waals surface area contributed by atoms with Gasteiger partial charge in [-0.2, -0.15) is 0 Å². The maximum Gasteiger partial charge on any atom is 0.341 e. The summed E-state index contributed by atoms with van der Waals surface area (Å²) in [5, 5.41) is 0. The Morgan fingerprint density at radius 2 is 1.80 bits per heavy atom. The second-order valence-corrected chi connectivity index (χ2v) is 3.50. The third-order valence-corrected chi connectivity index (χ3v) is 2.12. The Balaban J connectivity index is 2.95. The second-order valence-electron chi connectivity index (χ2n) is 3.50. The van der Waals surface area contributed by atoms with Crippen LogP contribution >= 0.6 is 0 Å². The topological polar surface area (TPSA) is 61.3 Å². The highest BCUT2D eigenvalue weighted by Crippen LogP contribution is 2.19. The van der Waals surface area contributed by atoms with Gasteiger partial charge in [0, 0.05) is 19.5 Å². The number of hydrogen-bond donors (Lipinski definition) is 0. The Labute approximate surface area is 88.4 Å². The Morgan fingerprint density at radius 3 is 2.20 bits per heavy atom. The summed E-state index contributed by atoms with van der Waals surface area (Å²) in [5.41, 5.74) is -0.234. The van der Waals surface area contributed by atoms with Crippen molar-refractivity contribution in [3.05, 3.63) is 23.8 Å². The molecule has 0 unspecified atom stereocenters. The molecule has 5 nitrogen and oxygen atoms in total. The first-order valence-corrected chi connectivity index (χ1v) is 4.47. The van der Waals surface area contributed by atoms with E-state index in [-0.39, 0.29) is 0 Å². The van der Waals surface area contributed by atoms with Crippen molar-refractivity contribution in [2.24, 2.45) is 0 Å². The fourth-order valence-electron chi connectivity index (χ4n) is 0.953. The monoisotopic (exact) mass is 210 g/mol. The van der Waals surface area contributed by atoms with Crippen LogP contribution in [0.15, 0.2) is 12.4 Å². The van der Waals surface area contributed by atoms with Crippen LogP contribution < -0.4 is 0 Å². The maximum atomic E-state index is 11.1. The summed E-state index contributed by atoms with van der Waals surface area (Å²) in [4.78, 5) is 19.2. The molecule has 5 heteroatoms. The molecule has 0 saturated carbocycles. The molecule has 0 N–H and O–H groups in total. The third kappa shape index (κ3) is 2.50. The van der Waals surface area contributed by atoms with Crippen LogP contribution in [0.2, 0.25) is 0 Å². The maximum absolute atomic E-state index is 11.1. The van der Waals surface area contributed by atoms with Crippen LogP contribution in [0.25, 0.3) is 0 Å². The Kier molecular flexibility index (Phi) is 3.36. The first-order valence-electron chi connectivity index (χ1n) is 4.47. The standard InChI is InChI=1S/C10H14N2O3/c1-10(2,15-4)9-11-5-7(6-12-9)8(13)14-3/h5-6H,1-4H3. The second kappa shape index (κ2) is 4.35. The lowest BCUT2D eigenvalue weighted by molar-refractivity contribution is 0.0113. The first-order chi connectivity index (χ1) is 7.01. The van der Waals surface area contributed by atoms with Gasteiger partial charge >= 0.3 is 5.97 Å². The number of esters is 1. The van der Waals surface area contributed by atoms with E-state index in [1.807, 2.05) is 13.8 Å². The number of hydrogen-bond acceptors (Lipinski definition) is 5. The van der Waals surface area contributed by atoms with Crippen LogP contribution in [0.4, 0.5) is 0 Å². The lowest BCUT2D eigenvalue weighted by Gasteiger charge is -2.20. The molecular formula is C10H14N2O3. The van der Waals surface area contributed by atoms with E-state index >= 15 is 0 Å². The van der Waals surface area contributed by atoms with Crippen LogP contribution in [0.1, 0.15) is 30.0 Å². The lowest BCUT2D eigenvalue weighted by Crippen LogP contribution is -2.23. The Morgan fingerprint density at radius 1 is 1.27 bits per heavy atom. The van der Waals surface area contributed by atoms with Gasteiger partial charge in [0.25, 0.3) is 0 Å². The van der Waals surface area contributed by atoms with Gasteiger partial charge in [0.15, 0.2) is 5.82 Å². The molecule has 0 spiro atoms. The molecule has 0 radical (unpaired) electrons. The number of methoxy groups -OCH3 is 2. The van der Waals surface area contributed by atoms with Crippen LogP contribution in [0, 0.1) is 0 Å². The fraction of sp³-hybridized carbons (Fsp3) is 0.500. The summed E-state index contributed by atoms with van der Waals surface area (Å²) in [6.45, 7) is 3.69. The van der Waals surface area contributed by atoms with Crippen molar-refractivity contribution in [1.82, 2.24) is 9.97 Å². The molecule has 0 aliphatic rings. The Bertz CT molecular complexity index is 346. The van der Waals surface area contributed by atoms with Crippen molar-refractivity contribution in [1.29, 1.82) is 0 Å². The van der Waals surface area contributed by atoms with E-state index < -0.39 is 11.6 Å². The number of carbonyl (C=O) groups is 1. The highest BCUT2D eigenvalue weighted by molar-refractivity contribution is 5.88. The number of ether oxygens (including phenoxy) is 2. The predicted octanol–water partition coefficient (Wildman–Crippen LogP) is 1.14. The van der Waals surface area contributed by atoms with Crippen molar-refractivity contribution in [3.8, 4) is 0 Å². The average Bonchev–Trinajstić information content (AvgIpc) is 2.28. The van der Waals surface area contributed by atoms with E-state index in [9.17, 15) is 4.79 Å². The van der Waals surface area contributed by atoms with E-state index in [1.165, 1.54) is 19.5 Å². The molecule has 0 aromatic carbocycles. The zero-order valence-electron chi connectivity index (χ0n) is 9.27. The highest BCUT2D eigenvalue weighted by Gasteiger charge is 2.23. The van der Waals surface area contributed by atoms with E-state index in [2.05, 4.69) is 14.7 Å². The molecule has 1 heterocycles. The van der Waals surface area contributed by atoms with Crippen LogP contribution in [0.3, 0.4) is 0 Å². The summed E-state index contributed by atoms with van der Waals surface area (Å²) in [6, 6.07) is 0. The van der Waals surface area contributed by atoms with Crippen LogP contribution in [0.5, 0.6) is 0 Å². The van der Waals surface area contributed by atoms with E-state index in [0.29, 0.717) is 11.4 Å². The Hall–Kier alpha value is -1.49. The molecule has 0 fully saturated rings. The van der Waals surface area contributed by atoms with Gasteiger partial charge in [-0.05, 0) is 13.8 Å². The summed E-state index contributed by atoms with van der Waals surface area (Å²) >= 11 is 0. The molecule has 1 aromatic heterocycles. The predicted molar refractivity (Wildman–Crippen MR) is 53.4 cm³/mol. The lowest BCUT2D eigenvalue weighted by atomic mass is 10.1. The van der Waals surface area contributed by atoms with Gasteiger partial charge in [0.2, 0.25) is 0 Å². The fourth-order valence-corrected chi connectivity index (χ4v) is 0.953. The summed E-state index contributed by atoms with van der Waals surface area (Å²) in [7, 11) is 2.90. The molecule has 0 saturated heterocycles. The van der Waals surface area contributed by atoms with Gasteiger partial charge in [0.1, 0.15) is 5.60 Å². The van der Waals surface area contributed by atoms with Crippen molar-refractivity contribution in [2.45, 2.75) is 19.4 Å². The molecule has 0 atom stereocenters. The molecule has 1 aromatic rings. The van der Waals surface area contributed by atoms with Gasteiger partial charge in [-0.1, -0.05) is 0 Å². The van der Waals surface area contributed by atoms with Crippen molar-refractivity contribution < 1.29 is 14.3 Å². The number of nitrogens with zero attached hydrogens (tertiary/aromatic N) is 2. The summed E-state index contributed by atoms with van der Waals surface area (Å²) in [6.07, 6.45) is 2.85. The number of aromatic nitrogens is 2. The highest BCUT2D eigenvalue weighted by atomic mass is 16.5. The van der Waals surface area contributed by atoms with Gasteiger partial charge < -0.3 is 9.47 Å². The SMILES string of the molecule is COC(=O)c1cnc(C(C)(C)OC)nc1. The van der Waals surface area contributed by atoms with Gasteiger partial charge in [-0.25, -0.2) is 14.8 Å². The zero-order chi connectivity index (χ0) is 11.5. The quantitative estimate of drug-likeness (QED) is 0.700. The molecule has 15 heavy (non-hydrogen) atoms. The molecular weight excluding hydrogens is 196 g/mol.